The zero-order chi connectivity index (χ0) is 20.1. The van der Waals surface area contributed by atoms with Crippen molar-refractivity contribution in [3.05, 3.63) is 47.5 Å². The van der Waals surface area contributed by atoms with E-state index in [-0.39, 0.29) is 48.6 Å². The summed E-state index contributed by atoms with van der Waals surface area (Å²) in [5.41, 5.74) is 1.83. The van der Waals surface area contributed by atoms with Crippen LogP contribution in [0.4, 0.5) is 10.1 Å². The van der Waals surface area contributed by atoms with E-state index in [1.54, 1.807) is 27.9 Å². The molecule has 10 heteroatoms. The summed E-state index contributed by atoms with van der Waals surface area (Å²) in [7, 11) is 1.82. The smallest absolute Gasteiger partial charge is 0.246 e. The van der Waals surface area contributed by atoms with E-state index in [0.29, 0.717) is 32.1 Å². The van der Waals surface area contributed by atoms with Crippen LogP contribution in [0.15, 0.2) is 35.6 Å². The number of rotatable bonds is 5. The molecule has 1 aliphatic rings. The molecule has 3 rings (SSSR count). The van der Waals surface area contributed by atoms with Gasteiger partial charge in [0.1, 0.15) is 12.4 Å². The zero-order valence-corrected chi connectivity index (χ0v) is 18.8. The van der Waals surface area contributed by atoms with Gasteiger partial charge in [-0.1, -0.05) is 6.07 Å². The summed E-state index contributed by atoms with van der Waals surface area (Å²) in [5.74, 6) is 0.185. The third-order valence-electron chi connectivity index (χ3n) is 4.55. The lowest BCUT2D eigenvalue weighted by atomic mass is 10.1. The number of guanidine groups is 1. The Kier molecular flexibility index (Phi) is 8.38. The average molecular weight is 516 g/mol. The molecule has 1 aromatic heterocycles. The van der Waals surface area contributed by atoms with E-state index in [9.17, 15) is 14.3 Å². The first-order valence-corrected chi connectivity index (χ1v) is 9.22. The quantitative estimate of drug-likeness (QED) is 0.358. The summed E-state index contributed by atoms with van der Waals surface area (Å²) in [6.07, 6.45) is 3.50. The molecule has 1 aliphatic heterocycles. The number of aliphatic hydroxyl groups is 1. The zero-order valence-electron chi connectivity index (χ0n) is 16.5. The van der Waals surface area contributed by atoms with Crippen LogP contribution in [0.2, 0.25) is 0 Å². The molecule has 0 radical (unpaired) electrons. The number of aliphatic hydroxyl groups excluding tert-OH is 1. The van der Waals surface area contributed by atoms with Crippen molar-refractivity contribution >= 4 is 41.5 Å². The minimum Gasteiger partial charge on any atom is -0.392 e. The second kappa shape index (κ2) is 10.5. The maximum atomic E-state index is 13.5. The maximum Gasteiger partial charge on any atom is 0.246 e. The number of aryl methyl sites for hydroxylation is 1. The van der Waals surface area contributed by atoms with Gasteiger partial charge < -0.3 is 20.2 Å². The summed E-state index contributed by atoms with van der Waals surface area (Å²) in [4.78, 5) is 20.8. The van der Waals surface area contributed by atoms with Gasteiger partial charge in [0, 0.05) is 38.4 Å². The van der Waals surface area contributed by atoms with Crippen LogP contribution in [0.1, 0.15) is 18.1 Å². The number of carbonyl (C=O) groups is 1. The highest BCUT2D eigenvalue weighted by atomic mass is 127. The standard InChI is InChI=1S/C19H25FN6O2.HI/c1-3-21-19(22-9-14-4-5-17(20)15(8-14)13-27)25-6-7-26(18(28)12-25)16-10-23-24(2)11-16;/h4-5,8,10-11,27H,3,6-7,9,12-13H2,1-2H3,(H,21,22);1H. The van der Waals surface area contributed by atoms with Gasteiger partial charge in [0.05, 0.1) is 25.0 Å². The van der Waals surface area contributed by atoms with Gasteiger partial charge >= 0.3 is 0 Å². The number of aromatic nitrogens is 2. The number of nitrogens with one attached hydrogen (secondary N) is 1. The van der Waals surface area contributed by atoms with E-state index in [2.05, 4.69) is 15.4 Å². The molecule has 0 aliphatic carbocycles. The molecule has 2 N–H and O–H groups in total. The Bertz CT molecular complexity index is 872. The van der Waals surface area contributed by atoms with Crippen LogP contribution in [-0.4, -0.2) is 57.8 Å². The van der Waals surface area contributed by atoms with Gasteiger partial charge in [-0.15, -0.1) is 24.0 Å². The Morgan fingerprint density at radius 2 is 2.17 bits per heavy atom. The number of nitrogens with zero attached hydrogens (tertiary/aromatic N) is 5. The van der Waals surface area contributed by atoms with Crippen molar-refractivity contribution in [3.8, 4) is 0 Å². The first-order valence-electron chi connectivity index (χ1n) is 9.22. The number of halogens is 2. The van der Waals surface area contributed by atoms with Crippen molar-refractivity contribution in [2.45, 2.75) is 20.1 Å². The second-order valence-corrected chi connectivity index (χ2v) is 6.59. The molecule has 29 heavy (non-hydrogen) atoms. The molecule has 0 saturated carbocycles. The van der Waals surface area contributed by atoms with Crippen LogP contribution in [0.25, 0.3) is 0 Å². The lowest BCUT2D eigenvalue weighted by Gasteiger charge is -2.35. The molecule has 1 aromatic carbocycles. The summed E-state index contributed by atoms with van der Waals surface area (Å²) < 4.78 is 15.2. The Labute approximate surface area is 186 Å². The highest BCUT2D eigenvalue weighted by Crippen LogP contribution is 2.16. The summed E-state index contributed by atoms with van der Waals surface area (Å²) in [6, 6.07) is 4.58. The fourth-order valence-electron chi connectivity index (χ4n) is 3.11. The minimum absolute atomic E-state index is 0. The van der Waals surface area contributed by atoms with Crippen LogP contribution in [0.5, 0.6) is 0 Å². The Hall–Kier alpha value is -2.21. The lowest BCUT2D eigenvalue weighted by Crippen LogP contribution is -2.55. The van der Waals surface area contributed by atoms with Gasteiger partial charge in [0.25, 0.3) is 0 Å². The highest BCUT2D eigenvalue weighted by molar-refractivity contribution is 14.0. The fourth-order valence-corrected chi connectivity index (χ4v) is 3.11. The van der Waals surface area contributed by atoms with Gasteiger partial charge in [0.15, 0.2) is 5.96 Å². The highest BCUT2D eigenvalue weighted by Gasteiger charge is 2.27. The molecule has 1 fully saturated rings. The molecule has 0 atom stereocenters. The first kappa shape index (κ1) is 23.1. The second-order valence-electron chi connectivity index (χ2n) is 6.59. The summed E-state index contributed by atoms with van der Waals surface area (Å²) in [6.45, 7) is 4.00. The third kappa shape index (κ3) is 5.66. The molecule has 158 valence electrons. The van der Waals surface area contributed by atoms with Gasteiger partial charge in [-0.3, -0.25) is 9.48 Å². The Balaban J connectivity index is 0.00000300. The SMILES string of the molecule is CCNC(=NCc1ccc(F)c(CO)c1)N1CCN(c2cnn(C)c2)C(=O)C1.I. The molecular weight excluding hydrogens is 490 g/mol. The van der Waals surface area contributed by atoms with Crippen molar-refractivity contribution in [3.63, 3.8) is 0 Å². The Morgan fingerprint density at radius 1 is 1.38 bits per heavy atom. The molecule has 0 unspecified atom stereocenters. The Morgan fingerprint density at radius 3 is 2.79 bits per heavy atom. The van der Waals surface area contributed by atoms with E-state index in [1.165, 1.54) is 6.07 Å². The predicted molar refractivity (Wildman–Crippen MR) is 120 cm³/mol. The molecule has 1 saturated heterocycles. The number of anilines is 1. The molecule has 0 bridgehead atoms. The molecular formula is C19H26FIN6O2. The average Bonchev–Trinajstić information content (AvgIpc) is 3.12. The molecule has 0 spiro atoms. The summed E-state index contributed by atoms with van der Waals surface area (Å²) in [5, 5.41) is 16.5. The largest absolute Gasteiger partial charge is 0.392 e. The van der Waals surface area contributed by atoms with Crippen LogP contribution in [0, 0.1) is 5.82 Å². The molecule has 2 heterocycles. The van der Waals surface area contributed by atoms with Crippen LogP contribution in [0.3, 0.4) is 0 Å². The van der Waals surface area contributed by atoms with Crippen LogP contribution < -0.4 is 10.2 Å². The monoisotopic (exact) mass is 516 g/mol. The number of benzene rings is 1. The predicted octanol–water partition coefficient (Wildman–Crippen LogP) is 1.48. The normalized spacial score (nSPS) is 14.8. The van der Waals surface area contributed by atoms with Crippen molar-refractivity contribution in [2.24, 2.45) is 12.0 Å². The van der Waals surface area contributed by atoms with Crippen molar-refractivity contribution in [1.29, 1.82) is 0 Å². The lowest BCUT2D eigenvalue weighted by molar-refractivity contribution is -0.120. The van der Waals surface area contributed by atoms with E-state index in [0.717, 1.165) is 11.3 Å². The van der Waals surface area contributed by atoms with Gasteiger partial charge in [-0.05, 0) is 24.6 Å². The van der Waals surface area contributed by atoms with Crippen LogP contribution >= 0.6 is 24.0 Å². The number of piperazine rings is 1. The summed E-state index contributed by atoms with van der Waals surface area (Å²) >= 11 is 0. The van der Waals surface area contributed by atoms with Crippen LogP contribution in [-0.2, 0) is 25.0 Å². The van der Waals surface area contributed by atoms with Gasteiger partial charge in [-0.25, -0.2) is 9.38 Å². The molecule has 8 nitrogen and oxygen atoms in total. The number of carbonyl (C=O) groups excluding carboxylic acids is 1. The van der Waals surface area contributed by atoms with E-state index in [1.807, 2.05) is 25.1 Å². The molecule has 2 aromatic rings. The number of hydrogen-bond donors (Lipinski definition) is 2. The number of aliphatic imine (C=N–C) groups is 1. The number of amides is 1. The van der Waals surface area contributed by atoms with E-state index < -0.39 is 5.82 Å². The van der Waals surface area contributed by atoms with Crippen molar-refractivity contribution < 1.29 is 14.3 Å². The maximum absolute atomic E-state index is 13.5. The third-order valence-corrected chi connectivity index (χ3v) is 4.55. The van der Waals surface area contributed by atoms with E-state index in [4.69, 9.17) is 0 Å². The van der Waals surface area contributed by atoms with Crippen molar-refractivity contribution in [2.75, 3.05) is 31.1 Å². The van der Waals surface area contributed by atoms with Gasteiger partial charge in [-0.2, -0.15) is 5.10 Å². The first-order chi connectivity index (χ1) is 13.5. The van der Waals surface area contributed by atoms with Crippen molar-refractivity contribution in [1.82, 2.24) is 20.0 Å². The van der Waals surface area contributed by atoms with Gasteiger partial charge in [0.2, 0.25) is 5.91 Å². The minimum atomic E-state index is -0.431. The molecule has 1 amide bonds. The fraction of sp³-hybridized carbons (Fsp3) is 0.421. The number of hydrogen-bond acceptors (Lipinski definition) is 4. The van der Waals surface area contributed by atoms with E-state index >= 15 is 0 Å². The topological polar surface area (TPSA) is 86.0 Å².